The molecule has 1 N–H and O–H groups in total. The first kappa shape index (κ1) is 19.3. The third kappa shape index (κ3) is 4.06. The Morgan fingerprint density at radius 1 is 0.966 bits per heavy atom. The average Bonchev–Trinajstić information content (AvgIpc) is 3.11. The lowest BCUT2D eigenvalue weighted by Gasteiger charge is -2.08. The Bertz CT molecular complexity index is 1150. The van der Waals surface area contributed by atoms with Gasteiger partial charge in [-0.3, -0.25) is 4.79 Å². The largest absolute Gasteiger partial charge is 0.322 e. The van der Waals surface area contributed by atoms with Crippen LogP contribution < -0.4 is 5.32 Å². The van der Waals surface area contributed by atoms with Crippen molar-refractivity contribution < 1.29 is 9.18 Å². The van der Waals surface area contributed by atoms with E-state index < -0.39 is 11.7 Å². The Hall–Kier alpha value is -3.02. The van der Waals surface area contributed by atoms with Crippen molar-refractivity contribution in [1.29, 1.82) is 0 Å². The molecular formula is C23H16ClFN2OS. The number of aromatic nitrogens is 1. The molecule has 0 radical (unpaired) electrons. The minimum atomic E-state index is -0.654. The lowest BCUT2D eigenvalue weighted by molar-refractivity contribution is 0.102. The molecule has 3 nitrogen and oxygen atoms in total. The van der Waals surface area contributed by atoms with Crippen molar-refractivity contribution in [1.82, 2.24) is 4.98 Å². The lowest BCUT2D eigenvalue weighted by atomic mass is 10.1. The quantitative estimate of drug-likeness (QED) is 0.391. The minimum absolute atomic E-state index is 0.0747. The second kappa shape index (κ2) is 8.15. The zero-order chi connectivity index (χ0) is 20.4. The van der Waals surface area contributed by atoms with E-state index in [1.807, 2.05) is 49.4 Å². The predicted octanol–water partition coefficient (Wildman–Crippen LogP) is 6.83. The summed E-state index contributed by atoms with van der Waals surface area (Å²) in [6.45, 7) is 2.04. The van der Waals surface area contributed by atoms with Crippen LogP contribution in [0.5, 0.6) is 0 Å². The Kier molecular flexibility index (Phi) is 5.43. The van der Waals surface area contributed by atoms with E-state index in [0.717, 1.165) is 26.7 Å². The average molecular weight is 423 g/mol. The summed E-state index contributed by atoms with van der Waals surface area (Å²) in [7, 11) is 0. The third-order valence-corrected chi connectivity index (χ3v) is 5.76. The van der Waals surface area contributed by atoms with Crippen LogP contribution in [0, 0.1) is 12.7 Å². The van der Waals surface area contributed by atoms with Crippen molar-refractivity contribution >= 4 is 34.5 Å². The first-order valence-corrected chi connectivity index (χ1v) is 10.1. The number of nitrogens with one attached hydrogen (secondary N) is 1. The highest BCUT2D eigenvalue weighted by atomic mass is 35.5. The van der Waals surface area contributed by atoms with Crippen LogP contribution in [0.2, 0.25) is 5.02 Å². The molecule has 1 heterocycles. The summed E-state index contributed by atoms with van der Waals surface area (Å²) in [6, 6.07) is 21.5. The molecule has 0 unspecified atom stereocenters. The monoisotopic (exact) mass is 422 g/mol. The Labute approximate surface area is 176 Å². The molecule has 0 spiro atoms. The van der Waals surface area contributed by atoms with Gasteiger partial charge in [0.1, 0.15) is 10.8 Å². The van der Waals surface area contributed by atoms with Crippen molar-refractivity contribution in [2.75, 3.05) is 5.32 Å². The maximum Gasteiger partial charge on any atom is 0.260 e. The van der Waals surface area contributed by atoms with Gasteiger partial charge in [0.15, 0.2) is 0 Å². The topological polar surface area (TPSA) is 42.0 Å². The summed E-state index contributed by atoms with van der Waals surface area (Å²) in [5.74, 6) is -1.24. The number of hydrogen-bond donors (Lipinski definition) is 1. The summed E-state index contributed by atoms with van der Waals surface area (Å²) in [5, 5.41) is 3.72. The van der Waals surface area contributed by atoms with Crippen molar-refractivity contribution in [3.05, 3.63) is 94.1 Å². The highest BCUT2D eigenvalue weighted by Gasteiger charge is 2.16. The number of anilines is 1. The second-order valence-corrected chi connectivity index (χ2v) is 8.03. The zero-order valence-electron chi connectivity index (χ0n) is 15.4. The zero-order valence-corrected chi connectivity index (χ0v) is 17.0. The molecule has 1 aromatic heterocycles. The molecule has 4 rings (SSSR count). The first-order chi connectivity index (χ1) is 14.0. The molecule has 0 fully saturated rings. The highest BCUT2D eigenvalue weighted by Crippen LogP contribution is 2.33. The number of hydrogen-bond acceptors (Lipinski definition) is 3. The van der Waals surface area contributed by atoms with Crippen LogP contribution in [0.3, 0.4) is 0 Å². The molecule has 0 saturated carbocycles. The first-order valence-electron chi connectivity index (χ1n) is 8.91. The second-order valence-electron chi connectivity index (χ2n) is 6.42. The number of amides is 1. The smallest absolute Gasteiger partial charge is 0.260 e. The predicted molar refractivity (Wildman–Crippen MR) is 117 cm³/mol. The number of halogens is 2. The summed E-state index contributed by atoms with van der Waals surface area (Å²) < 4.78 is 13.9. The maximum absolute atomic E-state index is 13.9. The van der Waals surface area contributed by atoms with Gasteiger partial charge < -0.3 is 5.32 Å². The van der Waals surface area contributed by atoms with E-state index in [4.69, 9.17) is 16.6 Å². The van der Waals surface area contributed by atoms with E-state index in [1.54, 1.807) is 23.5 Å². The van der Waals surface area contributed by atoms with Gasteiger partial charge in [0.25, 0.3) is 5.91 Å². The lowest BCUT2D eigenvalue weighted by Crippen LogP contribution is -2.14. The standard InChI is InChI=1S/C23H16ClFN2OS/c1-14-21(27-23(29-14)16-6-3-2-4-7-16)15-10-12-17(13-11-15)26-22(28)20-18(24)8-5-9-19(20)25/h2-13H,1H3,(H,26,28). The van der Waals surface area contributed by atoms with Crippen LogP contribution in [0.4, 0.5) is 10.1 Å². The molecule has 0 bridgehead atoms. The normalized spacial score (nSPS) is 10.7. The van der Waals surface area contributed by atoms with E-state index in [2.05, 4.69) is 5.32 Å². The Balaban J connectivity index is 1.56. The molecule has 0 aliphatic heterocycles. The van der Waals surface area contributed by atoms with Crippen LogP contribution >= 0.6 is 22.9 Å². The number of thiazole rings is 1. The molecule has 0 atom stereocenters. The van der Waals surface area contributed by atoms with Gasteiger partial charge >= 0.3 is 0 Å². The number of benzene rings is 3. The number of nitrogens with zero attached hydrogens (tertiary/aromatic N) is 1. The molecule has 0 aliphatic rings. The fraction of sp³-hybridized carbons (Fsp3) is 0.0435. The Morgan fingerprint density at radius 2 is 1.69 bits per heavy atom. The molecule has 1 amide bonds. The molecule has 144 valence electrons. The summed E-state index contributed by atoms with van der Waals surface area (Å²) >= 11 is 7.60. The van der Waals surface area contributed by atoms with Crippen molar-refractivity contribution in [2.24, 2.45) is 0 Å². The highest BCUT2D eigenvalue weighted by molar-refractivity contribution is 7.15. The van der Waals surface area contributed by atoms with E-state index in [1.165, 1.54) is 18.2 Å². The third-order valence-electron chi connectivity index (χ3n) is 4.42. The van der Waals surface area contributed by atoms with Gasteiger partial charge in [-0.25, -0.2) is 9.37 Å². The minimum Gasteiger partial charge on any atom is -0.322 e. The maximum atomic E-state index is 13.9. The number of aryl methyl sites for hydroxylation is 1. The van der Waals surface area contributed by atoms with Crippen LogP contribution in [0.25, 0.3) is 21.8 Å². The van der Waals surface area contributed by atoms with Gasteiger partial charge in [-0.15, -0.1) is 11.3 Å². The van der Waals surface area contributed by atoms with Crippen LogP contribution in [-0.4, -0.2) is 10.9 Å². The van der Waals surface area contributed by atoms with Gasteiger partial charge in [0, 0.05) is 21.7 Å². The number of carbonyl (C=O) groups excluding carboxylic acids is 1. The SMILES string of the molecule is Cc1sc(-c2ccccc2)nc1-c1ccc(NC(=O)c2c(F)cccc2Cl)cc1. The van der Waals surface area contributed by atoms with Crippen molar-refractivity contribution in [3.63, 3.8) is 0 Å². The molecule has 0 saturated heterocycles. The van der Waals surface area contributed by atoms with Gasteiger partial charge in [-0.05, 0) is 31.2 Å². The molecule has 6 heteroatoms. The van der Waals surface area contributed by atoms with Crippen LogP contribution in [0.1, 0.15) is 15.2 Å². The molecule has 3 aromatic carbocycles. The Morgan fingerprint density at radius 3 is 2.38 bits per heavy atom. The van der Waals surface area contributed by atoms with Crippen molar-refractivity contribution in [2.45, 2.75) is 6.92 Å². The van der Waals surface area contributed by atoms with Gasteiger partial charge in [-0.1, -0.05) is 60.1 Å². The van der Waals surface area contributed by atoms with Crippen LogP contribution in [-0.2, 0) is 0 Å². The van der Waals surface area contributed by atoms with Gasteiger partial charge in [-0.2, -0.15) is 0 Å². The van der Waals surface area contributed by atoms with E-state index in [9.17, 15) is 9.18 Å². The van der Waals surface area contributed by atoms with Crippen LogP contribution in [0.15, 0.2) is 72.8 Å². The summed E-state index contributed by atoms with van der Waals surface area (Å²) in [4.78, 5) is 18.3. The summed E-state index contributed by atoms with van der Waals surface area (Å²) in [5.41, 5.74) is 3.32. The fourth-order valence-corrected chi connectivity index (χ4v) is 4.18. The summed E-state index contributed by atoms with van der Waals surface area (Å²) in [6.07, 6.45) is 0. The fourth-order valence-electron chi connectivity index (χ4n) is 2.99. The van der Waals surface area contributed by atoms with Gasteiger partial charge in [0.05, 0.1) is 16.3 Å². The number of carbonyl (C=O) groups is 1. The van der Waals surface area contributed by atoms with Gasteiger partial charge in [0.2, 0.25) is 0 Å². The number of rotatable bonds is 4. The van der Waals surface area contributed by atoms with Crippen molar-refractivity contribution in [3.8, 4) is 21.8 Å². The van der Waals surface area contributed by atoms with E-state index in [0.29, 0.717) is 5.69 Å². The molecule has 4 aromatic rings. The van der Waals surface area contributed by atoms with E-state index in [-0.39, 0.29) is 10.6 Å². The van der Waals surface area contributed by atoms with E-state index >= 15 is 0 Å². The molecule has 29 heavy (non-hydrogen) atoms. The molecular weight excluding hydrogens is 407 g/mol. The molecule has 0 aliphatic carbocycles.